The van der Waals surface area contributed by atoms with E-state index < -0.39 is 11.5 Å². The molecule has 0 saturated carbocycles. The molecule has 1 amide bonds. The molecule has 0 spiro atoms. The molecule has 0 aromatic rings. The van der Waals surface area contributed by atoms with Crippen molar-refractivity contribution in [2.75, 3.05) is 7.05 Å². The summed E-state index contributed by atoms with van der Waals surface area (Å²) in [7, 11) is 1.79. The summed E-state index contributed by atoms with van der Waals surface area (Å²) < 4.78 is 0. The number of carboxylic acid groups (broad SMARTS) is 1. The molecule has 0 aromatic heterocycles. The Kier molecular flexibility index (Phi) is 33.0. The Balaban J connectivity index is 4.68. The van der Waals surface area contributed by atoms with Crippen LogP contribution in [-0.4, -0.2) is 34.5 Å². The lowest BCUT2D eigenvalue weighted by atomic mass is 9.84. The highest BCUT2D eigenvalue weighted by Gasteiger charge is 2.43. The fourth-order valence-corrected chi connectivity index (χ4v) is 7.15. The molecular formula is C42H83NO3. The van der Waals surface area contributed by atoms with Crippen LogP contribution in [0.1, 0.15) is 245 Å². The minimum Gasteiger partial charge on any atom is -0.479 e. The normalized spacial score (nSPS) is 12.8. The van der Waals surface area contributed by atoms with E-state index >= 15 is 0 Å². The van der Waals surface area contributed by atoms with Crippen molar-refractivity contribution in [1.29, 1.82) is 0 Å². The lowest BCUT2D eigenvalue weighted by Crippen LogP contribution is -2.55. The minimum atomic E-state index is -1.05. The van der Waals surface area contributed by atoms with Gasteiger partial charge in [0.2, 0.25) is 5.91 Å². The maximum atomic E-state index is 13.4. The summed E-state index contributed by atoms with van der Waals surface area (Å²) in [5.74, 6) is -0.752. The van der Waals surface area contributed by atoms with Crippen LogP contribution < -0.4 is 0 Å². The average molecular weight is 650 g/mol. The highest BCUT2D eigenvalue weighted by Crippen LogP contribution is 2.31. The quantitative estimate of drug-likeness (QED) is 0.0681. The Morgan fingerprint density at radius 2 is 0.652 bits per heavy atom. The van der Waals surface area contributed by atoms with E-state index in [0.717, 1.165) is 38.5 Å². The first-order valence-electron chi connectivity index (χ1n) is 21.0. The number of amides is 1. The Labute approximate surface area is 289 Å². The molecule has 0 aliphatic rings. The number of hydrogen-bond acceptors (Lipinski definition) is 2. The van der Waals surface area contributed by atoms with Gasteiger partial charge in [0.15, 0.2) is 0 Å². The number of nitrogens with zero attached hydrogens (tertiary/aromatic N) is 1. The summed E-state index contributed by atoms with van der Waals surface area (Å²) in [6, 6.07) is 0. The molecule has 0 radical (unpaired) electrons. The summed E-state index contributed by atoms with van der Waals surface area (Å²) in [6.07, 6.45) is 41.7. The van der Waals surface area contributed by atoms with Crippen LogP contribution in [0.4, 0.5) is 0 Å². The second-order valence-electron chi connectivity index (χ2n) is 14.8. The molecule has 0 aromatic carbocycles. The largest absolute Gasteiger partial charge is 0.479 e. The van der Waals surface area contributed by atoms with Gasteiger partial charge in [-0.3, -0.25) is 4.79 Å². The number of carbonyl (C=O) groups is 2. The van der Waals surface area contributed by atoms with E-state index in [-0.39, 0.29) is 5.91 Å². The van der Waals surface area contributed by atoms with E-state index in [1.165, 1.54) is 167 Å². The lowest BCUT2D eigenvalue weighted by Gasteiger charge is -2.39. The molecule has 4 heteroatoms. The molecule has 274 valence electrons. The van der Waals surface area contributed by atoms with Crippen LogP contribution in [0.2, 0.25) is 0 Å². The number of carboxylic acids is 1. The molecule has 0 aliphatic carbocycles. The van der Waals surface area contributed by atoms with E-state index in [0.29, 0.717) is 19.3 Å². The van der Waals surface area contributed by atoms with Gasteiger partial charge in [-0.05, 0) is 19.3 Å². The molecule has 0 saturated heterocycles. The van der Waals surface area contributed by atoms with Gasteiger partial charge in [0, 0.05) is 13.5 Å². The minimum absolute atomic E-state index is 0.0354. The van der Waals surface area contributed by atoms with E-state index in [4.69, 9.17) is 0 Å². The Morgan fingerprint density at radius 1 is 0.413 bits per heavy atom. The van der Waals surface area contributed by atoms with Crippen LogP contribution in [-0.2, 0) is 9.59 Å². The third-order valence-electron chi connectivity index (χ3n) is 10.5. The highest BCUT2D eigenvalue weighted by atomic mass is 16.4. The Bertz CT molecular complexity index is 665. The standard InChI is InChI=1S/C42H83NO3/c1-5-8-11-14-17-20-22-24-27-30-33-36-39-42(41(45)46,38-35-32-29-26-19-16-13-10-7-3)43(4)40(44)37-34-31-28-25-23-21-18-15-12-9-6-2/h5-39H2,1-4H3,(H,45,46)/t42-/m1/s1. The van der Waals surface area contributed by atoms with E-state index in [1.54, 1.807) is 11.9 Å². The van der Waals surface area contributed by atoms with Crippen molar-refractivity contribution in [3.8, 4) is 0 Å². The van der Waals surface area contributed by atoms with E-state index in [2.05, 4.69) is 20.8 Å². The zero-order valence-corrected chi connectivity index (χ0v) is 32.0. The van der Waals surface area contributed by atoms with Crippen molar-refractivity contribution in [1.82, 2.24) is 4.90 Å². The van der Waals surface area contributed by atoms with Crippen LogP contribution in [0.5, 0.6) is 0 Å². The Morgan fingerprint density at radius 3 is 0.913 bits per heavy atom. The summed E-state index contributed by atoms with van der Waals surface area (Å²) in [4.78, 5) is 28.0. The summed E-state index contributed by atoms with van der Waals surface area (Å²) >= 11 is 0. The molecule has 46 heavy (non-hydrogen) atoms. The van der Waals surface area contributed by atoms with Gasteiger partial charge in [-0.15, -0.1) is 0 Å². The van der Waals surface area contributed by atoms with E-state index in [1.807, 2.05) is 0 Å². The van der Waals surface area contributed by atoms with Gasteiger partial charge in [0.1, 0.15) is 5.54 Å². The highest BCUT2D eigenvalue weighted by molar-refractivity contribution is 5.86. The van der Waals surface area contributed by atoms with Crippen molar-refractivity contribution >= 4 is 11.9 Å². The molecule has 0 aliphatic heterocycles. The second kappa shape index (κ2) is 33.8. The third-order valence-corrected chi connectivity index (χ3v) is 10.5. The van der Waals surface area contributed by atoms with Crippen molar-refractivity contribution < 1.29 is 14.7 Å². The Hall–Kier alpha value is -1.06. The predicted octanol–water partition coefficient (Wildman–Crippen LogP) is 14.0. The van der Waals surface area contributed by atoms with Crippen LogP contribution in [0.3, 0.4) is 0 Å². The number of hydrogen-bond donors (Lipinski definition) is 1. The predicted molar refractivity (Wildman–Crippen MR) is 202 cm³/mol. The summed E-state index contributed by atoms with van der Waals surface area (Å²) in [5.41, 5.74) is -1.05. The van der Waals surface area contributed by atoms with Crippen molar-refractivity contribution in [2.45, 2.75) is 251 Å². The van der Waals surface area contributed by atoms with Crippen molar-refractivity contribution in [2.24, 2.45) is 0 Å². The van der Waals surface area contributed by atoms with Crippen LogP contribution in [0, 0.1) is 0 Å². The summed E-state index contributed by atoms with van der Waals surface area (Å²) in [5, 5.41) is 10.6. The first-order chi connectivity index (χ1) is 22.5. The molecule has 4 nitrogen and oxygen atoms in total. The lowest BCUT2D eigenvalue weighted by molar-refractivity contribution is -0.159. The van der Waals surface area contributed by atoms with Crippen LogP contribution in [0.25, 0.3) is 0 Å². The van der Waals surface area contributed by atoms with Gasteiger partial charge < -0.3 is 10.0 Å². The zero-order chi connectivity index (χ0) is 34.0. The van der Waals surface area contributed by atoms with Crippen LogP contribution in [0.15, 0.2) is 0 Å². The molecule has 0 rings (SSSR count). The molecule has 0 fully saturated rings. The summed E-state index contributed by atoms with van der Waals surface area (Å²) in [6.45, 7) is 6.79. The monoisotopic (exact) mass is 650 g/mol. The van der Waals surface area contributed by atoms with E-state index in [9.17, 15) is 14.7 Å². The molecule has 0 heterocycles. The topological polar surface area (TPSA) is 57.6 Å². The van der Waals surface area contributed by atoms with Crippen LogP contribution >= 0.6 is 0 Å². The van der Waals surface area contributed by atoms with Crippen molar-refractivity contribution in [3.05, 3.63) is 0 Å². The molecule has 0 bridgehead atoms. The SMILES string of the molecule is CCCCCCCCCCCCCC[C@](CCCCCCCCCCC)(C(=O)O)N(C)C(=O)CCCCCCCCCCCCC. The molecule has 1 atom stereocenters. The molecular weight excluding hydrogens is 566 g/mol. The number of aliphatic carboxylic acids is 1. The average Bonchev–Trinajstić information content (AvgIpc) is 3.05. The van der Waals surface area contributed by atoms with Gasteiger partial charge in [0.05, 0.1) is 0 Å². The zero-order valence-electron chi connectivity index (χ0n) is 32.0. The molecule has 0 unspecified atom stereocenters. The molecule has 1 N–H and O–H groups in total. The van der Waals surface area contributed by atoms with Gasteiger partial charge in [-0.1, -0.05) is 220 Å². The maximum absolute atomic E-state index is 13.4. The number of likely N-dealkylation sites (N-methyl/N-ethyl adjacent to an activating group) is 1. The van der Waals surface area contributed by atoms with Crippen molar-refractivity contribution in [3.63, 3.8) is 0 Å². The first-order valence-corrected chi connectivity index (χ1v) is 21.0. The third kappa shape index (κ3) is 25.0. The van der Waals surface area contributed by atoms with Gasteiger partial charge in [-0.25, -0.2) is 4.79 Å². The second-order valence-corrected chi connectivity index (χ2v) is 14.8. The fourth-order valence-electron chi connectivity index (χ4n) is 7.15. The number of unbranched alkanes of at least 4 members (excludes halogenated alkanes) is 29. The van der Waals surface area contributed by atoms with Gasteiger partial charge in [0.25, 0.3) is 0 Å². The van der Waals surface area contributed by atoms with Gasteiger partial charge in [-0.2, -0.15) is 0 Å². The smallest absolute Gasteiger partial charge is 0.329 e. The number of rotatable bonds is 37. The maximum Gasteiger partial charge on any atom is 0.329 e. The van der Waals surface area contributed by atoms with Gasteiger partial charge >= 0.3 is 5.97 Å². The first kappa shape index (κ1) is 44.9. The number of carbonyl (C=O) groups excluding carboxylic acids is 1. The fraction of sp³-hybridized carbons (Fsp3) is 0.952.